The molecule has 26 heavy (non-hydrogen) atoms. The summed E-state index contributed by atoms with van der Waals surface area (Å²) >= 11 is 0. The smallest absolute Gasteiger partial charge is 0.238 e. The van der Waals surface area contributed by atoms with Crippen molar-refractivity contribution in [3.8, 4) is 11.6 Å². The van der Waals surface area contributed by atoms with Gasteiger partial charge in [0.1, 0.15) is 0 Å². The highest BCUT2D eigenvalue weighted by Gasteiger charge is 2.25. The second-order valence-electron chi connectivity index (χ2n) is 6.53. The fraction of sp³-hybridized carbons (Fsp3) is 0.444. The van der Waals surface area contributed by atoms with Crippen molar-refractivity contribution in [2.75, 3.05) is 13.1 Å². The van der Waals surface area contributed by atoms with Crippen LogP contribution in [-0.4, -0.2) is 44.2 Å². The molecular weight excluding hydrogens is 334 g/mol. The van der Waals surface area contributed by atoms with Gasteiger partial charge in [0.2, 0.25) is 17.6 Å². The number of aromatic nitrogens is 4. The van der Waals surface area contributed by atoms with Crippen LogP contribution in [0.4, 0.5) is 0 Å². The summed E-state index contributed by atoms with van der Waals surface area (Å²) in [4.78, 5) is 18.8. The number of amides is 1. The monoisotopic (exact) mass is 355 g/mol. The molecular formula is C18H21N5O3. The fourth-order valence-electron chi connectivity index (χ4n) is 3.36. The summed E-state index contributed by atoms with van der Waals surface area (Å²) < 4.78 is 10.5. The van der Waals surface area contributed by atoms with Crippen LogP contribution in [0.15, 0.2) is 39.6 Å². The lowest BCUT2D eigenvalue weighted by Crippen LogP contribution is -2.39. The molecule has 0 aliphatic carbocycles. The van der Waals surface area contributed by atoms with Crippen LogP contribution in [-0.2, 0) is 11.2 Å². The van der Waals surface area contributed by atoms with Crippen molar-refractivity contribution in [2.45, 2.75) is 38.0 Å². The molecule has 0 radical (unpaired) electrons. The minimum atomic E-state index is 0.181. The average Bonchev–Trinajstić information content (AvgIpc) is 3.43. The fourth-order valence-corrected chi connectivity index (χ4v) is 3.36. The molecule has 0 unspecified atom stereocenters. The Morgan fingerprint density at radius 1 is 1.38 bits per heavy atom. The number of piperidine rings is 1. The summed E-state index contributed by atoms with van der Waals surface area (Å²) in [7, 11) is 0. The molecule has 1 fully saturated rings. The van der Waals surface area contributed by atoms with Crippen LogP contribution < -0.4 is 0 Å². The molecule has 3 aromatic rings. The lowest BCUT2D eigenvalue weighted by atomic mass is 9.94. The molecule has 3 aromatic heterocycles. The largest absolute Gasteiger partial charge is 0.461 e. The normalized spacial score (nSPS) is 17.5. The zero-order valence-electron chi connectivity index (χ0n) is 14.4. The molecule has 4 heterocycles. The summed E-state index contributed by atoms with van der Waals surface area (Å²) in [6, 6.07) is 5.55. The van der Waals surface area contributed by atoms with Gasteiger partial charge in [0.05, 0.1) is 6.26 Å². The number of carbonyl (C=O) groups is 1. The third-order valence-corrected chi connectivity index (χ3v) is 4.73. The Morgan fingerprint density at radius 3 is 3.15 bits per heavy atom. The van der Waals surface area contributed by atoms with Gasteiger partial charge in [-0.2, -0.15) is 10.1 Å². The van der Waals surface area contributed by atoms with Gasteiger partial charge < -0.3 is 13.8 Å². The highest BCUT2D eigenvalue weighted by atomic mass is 16.5. The van der Waals surface area contributed by atoms with Crippen molar-refractivity contribution in [1.82, 2.24) is 25.2 Å². The molecule has 0 bridgehead atoms. The predicted octanol–water partition coefficient (Wildman–Crippen LogP) is 2.78. The molecule has 4 rings (SSSR count). The Hall–Kier alpha value is -2.90. The average molecular weight is 355 g/mol. The van der Waals surface area contributed by atoms with E-state index < -0.39 is 0 Å². The molecule has 1 saturated heterocycles. The van der Waals surface area contributed by atoms with Gasteiger partial charge in [0.25, 0.3) is 0 Å². The first-order valence-electron chi connectivity index (χ1n) is 8.93. The molecule has 1 amide bonds. The third-order valence-electron chi connectivity index (χ3n) is 4.73. The molecule has 0 saturated carbocycles. The summed E-state index contributed by atoms with van der Waals surface area (Å²) in [5.41, 5.74) is 1.11. The first-order chi connectivity index (χ1) is 12.8. The van der Waals surface area contributed by atoms with E-state index in [4.69, 9.17) is 8.94 Å². The van der Waals surface area contributed by atoms with Crippen LogP contribution in [0.5, 0.6) is 0 Å². The van der Waals surface area contributed by atoms with E-state index in [1.54, 1.807) is 24.6 Å². The third kappa shape index (κ3) is 3.68. The quantitative estimate of drug-likeness (QED) is 0.729. The lowest BCUT2D eigenvalue weighted by molar-refractivity contribution is -0.132. The van der Waals surface area contributed by atoms with Gasteiger partial charge >= 0.3 is 0 Å². The van der Waals surface area contributed by atoms with Gasteiger partial charge in [-0.3, -0.25) is 9.89 Å². The van der Waals surface area contributed by atoms with Crippen molar-refractivity contribution < 1.29 is 13.7 Å². The van der Waals surface area contributed by atoms with E-state index >= 15 is 0 Å². The number of hydrogen-bond donors (Lipinski definition) is 1. The standard InChI is InChI=1S/C18H21N5O3/c24-17(23-10-2-4-13(12-23)14-8-9-19-21-14)7-1-6-16-20-18(22-26-16)15-5-3-11-25-15/h3,5,8-9,11,13H,1-2,4,6-7,10,12H2,(H,19,21)/t13-/m0/s1. The van der Waals surface area contributed by atoms with Crippen molar-refractivity contribution in [2.24, 2.45) is 0 Å². The van der Waals surface area contributed by atoms with E-state index in [0.717, 1.165) is 31.6 Å². The van der Waals surface area contributed by atoms with E-state index in [9.17, 15) is 4.79 Å². The maximum atomic E-state index is 12.5. The van der Waals surface area contributed by atoms with Crippen LogP contribution in [0.2, 0.25) is 0 Å². The Balaban J connectivity index is 1.26. The Labute approximate surface area is 150 Å². The van der Waals surface area contributed by atoms with E-state index in [1.807, 2.05) is 11.0 Å². The number of likely N-dealkylation sites (tertiary alicyclic amines) is 1. The van der Waals surface area contributed by atoms with E-state index in [2.05, 4.69) is 20.3 Å². The van der Waals surface area contributed by atoms with E-state index in [0.29, 0.717) is 42.7 Å². The van der Waals surface area contributed by atoms with Crippen molar-refractivity contribution >= 4 is 5.91 Å². The number of aromatic amines is 1. The molecule has 0 spiro atoms. The summed E-state index contributed by atoms with van der Waals surface area (Å²) in [6.07, 6.45) is 7.18. The van der Waals surface area contributed by atoms with Crippen molar-refractivity contribution in [3.05, 3.63) is 42.2 Å². The highest BCUT2D eigenvalue weighted by Crippen LogP contribution is 2.25. The lowest BCUT2D eigenvalue weighted by Gasteiger charge is -2.32. The SMILES string of the molecule is O=C(CCCc1nc(-c2ccco2)no1)N1CCC[C@H](c2ccn[nH]2)C1. The first-order valence-corrected chi connectivity index (χ1v) is 8.93. The zero-order chi connectivity index (χ0) is 17.8. The van der Waals surface area contributed by atoms with Gasteiger partial charge in [-0.25, -0.2) is 0 Å². The second kappa shape index (κ2) is 7.55. The summed E-state index contributed by atoms with van der Waals surface area (Å²) in [5, 5.41) is 10.9. The van der Waals surface area contributed by atoms with Gasteiger partial charge in [-0.05, 0) is 37.5 Å². The molecule has 1 aliphatic heterocycles. The minimum absolute atomic E-state index is 0.181. The van der Waals surface area contributed by atoms with Gasteiger partial charge in [0.15, 0.2) is 5.76 Å². The topological polar surface area (TPSA) is 101 Å². The van der Waals surface area contributed by atoms with Crippen molar-refractivity contribution in [1.29, 1.82) is 0 Å². The number of H-pyrrole nitrogens is 1. The van der Waals surface area contributed by atoms with Crippen LogP contribution in [0.3, 0.4) is 0 Å². The number of furan rings is 1. The maximum absolute atomic E-state index is 12.5. The number of rotatable bonds is 6. The second-order valence-corrected chi connectivity index (χ2v) is 6.53. The number of nitrogens with one attached hydrogen (secondary N) is 1. The Bertz CT molecular complexity index is 825. The first kappa shape index (κ1) is 16.6. The maximum Gasteiger partial charge on any atom is 0.238 e. The minimum Gasteiger partial charge on any atom is -0.461 e. The van der Waals surface area contributed by atoms with Crippen LogP contribution in [0, 0.1) is 0 Å². The van der Waals surface area contributed by atoms with Gasteiger partial charge in [-0.1, -0.05) is 5.16 Å². The zero-order valence-corrected chi connectivity index (χ0v) is 14.4. The number of carbonyl (C=O) groups excluding carboxylic acids is 1. The molecule has 1 aliphatic rings. The number of hydrogen-bond acceptors (Lipinski definition) is 6. The van der Waals surface area contributed by atoms with Crippen LogP contribution in [0.1, 0.15) is 43.2 Å². The van der Waals surface area contributed by atoms with Crippen molar-refractivity contribution in [3.63, 3.8) is 0 Å². The highest BCUT2D eigenvalue weighted by molar-refractivity contribution is 5.76. The molecule has 8 heteroatoms. The van der Waals surface area contributed by atoms with Crippen LogP contribution in [0.25, 0.3) is 11.6 Å². The Morgan fingerprint density at radius 2 is 2.35 bits per heavy atom. The van der Waals surface area contributed by atoms with Crippen LogP contribution >= 0.6 is 0 Å². The molecule has 0 aromatic carbocycles. The molecule has 1 atom stereocenters. The Kier molecular flexibility index (Phi) is 4.81. The van der Waals surface area contributed by atoms with E-state index in [1.165, 1.54) is 0 Å². The number of nitrogens with zero attached hydrogens (tertiary/aromatic N) is 4. The van der Waals surface area contributed by atoms with E-state index in [-0.39, 0.29) is 5.91 Å². The predicted molar refractivity (Wildman–Crippen MR) is 92.1 cm³/mol. The molecule has 136 valence electrons. The summed E-state index contributed by atoms with van der Waals surface area (Å²) in [6.45, 7) is 1.58. The summed E-state index contributed by atoms with van der Waals surface area (Å²) in [5.74, 6) is 2.07. The van der Waals surface area contributed by atoms with Gasteiger partial charge in [0, 0.05) is 43.7 Å². The molecule has 1 N–H and O–H groups in total. The van der Waals surface area contributed by atoms with Gasteiger partial charge in [-0.15, -0.1) is 0 Å². The molecule has 8 nitrogen and oxygen atoms in total. The number of aryl methyl sites for hydroxylation is 1.